The summed E-state index contributed by atoms with van der Waals surface area (Å²) >= 11 is 1.43. The summed E-state index contributed by atoms with van der Waals surface area (Å²) in [5.41, 5.74) is 2.90. The van der Waals surface area contributed by atoms with Crippen molar-refractivity contribution in [3.05, 3.63) is 67.4 Å². The molecule has 3 aromatic heterocycles. The van der Waals surface area contributed by atoms with Crippen LogP contribution in [0.4, 0.5) is 0 Å². The Hall–Kier alpha value is -2.47. The molecule has 0 saturated heterocycles. The molecule has 3 rings (SSSR count). The first-order valence-electron chi connectivity index (χ1n) is 7.74. The van der Waals surface area contributed by atoms with E-state index in [9.17, 15) is 9.59 Å². The predicted octanol–water partition coefficient (Wildman–Crippen LogP) is 3.29. The van der Waals surface area contributed by atoms with Crippen LogP contribution in [0.1, 0.15) is 38.3 Å². The number of carbonyl (C=O) groups is 1. The summed E-state index contributed by atoms with van der Waals surface area (Å²) in [5.74, 6) is -0.380. The molecule has 0 bridgehead atoms. The quantitative estimate of drug-likeness (QED) is 0.683. The summed E-state index contributed by atoms with van der Waals surface area (Å²) in [4.78, 5) is 30.5. The van der Waals surface area contributed by atoms with E-state index in [2.05, 4.69) is 11.9 Å². The lowest BCUT2D eigenvalue weighted by Crippen LogP contribution is -2.17. The minimum Gasteiger partial charge on any atom is -0.455 e. The van der Waals surface area contributed by atoms with Crippen molar-refractivity contribution in [3.8, 4) is 0 Å². The molecular formula is C18H18N2O3S. The van der Waals surface area contributed by atoms with E-state index in [1.165, 1.54) is 21.8 Å². The van der Waals surface area contributed by atoms with E-state index in [1.54, 1.807) is 12.3 Å². The van der Waals surface area contributed by atoms with E-state index < -0.39 is 0 Å². The first-order valence-corrected chi connectivity index (χ1v) is 8.55. The lowest BCUT2D eigenvalue weighted by molar-refractivity contribution is 0.0473. The lowest BCUT2D eigenvalue weighted by Gasteiger charge is -2.06. The highest BCUT2D eigenvalue weighted by atomic mass is 32.1. The molecule has 0 unspecified atom stereocenters. The van der Waals surface area contributed by atoms with Gasteiger partial charge in [0.15, 0.2) is 0 Å². The lowest BCUT2D eigenvalue weighted by atomic mass is 10.2. The third kappa shape index (κ3) is 3.10. The molecule has 0 amide bonds. The number of aromatic nitrogens is 2. The fourth-order valence-corrected chi connectivity index (χ4v) is 3.57. The number of fused-ring (bicyclic) bond motifs is 1. The number of thiophene rings is 1. The summed E-state index contributed by atoms with van der Waals surface area (Å²) in [5, 5.41) is 0. The molecule has 3 heterocycles. The molecule has 0 aromatic carbocycles. The number of rotatable bonds is 4. The zero-order valence-corrected chi connectivity index (χ0v) is 14.6. The van der Waals surface area contributed by atoms with E-state index in [4.69, 9.17) is 4.74 Å². The highest BCUT2D eigenvalue weighted by Crippen LogP contribution is 2.23. The van der Waals surface area contributed by atoms with Crippen molar-refractivity contribution in [2.24, 2.45) is 0 Å². The summed E-state index contributed by atoms with van der Waals surface area (Å²) in [6, 6.07) is 6.96. The molecule has 0 aliphatic carbocycles. The van der Waals surface area contributed by atoms with Crippen molar-refractivity contribution in [1.29, 1.82) is 0 Å². The zero-order chi connectivity index (χ0) is 17.3. The van der Waals surface area contributed by atoms with Crippen LogP contribution in [0.3, 0.4) is 0 Å². The summed E-state index contributed by atoms with van der Waals surface area (Å²) < 4.78 is 6.81. The molecule has 0 aliphatic rings. The second-order valence-electron chi connectivity index (χ2n) is 5.59. The standard InChI is InChI=1S/C18H18N2O3S/c1-4-13-8-15(24-12(13)3)18(22)23-10-14-9-16(21)20-7-5-6-11(2)17(20)19-14/h5-9H,4,10H2,1-3H3. The number of aryl methyl sites for hydroxylation is 3. The van der Waals surface area contributed by atoms with Gasteiger partial charge in [-0.05, 0) is 43.5 Å². The molecule has 3 aromatic rings. The number of ether oxygens (including phenoxy) is 1. The zero-order valence-electron chi connectivity index (χ0n) is 13.8. The Morgan fingerprint density at radius 1 is 1.33 bits per heavy atom. The number of hydrogen-bond acceptors (Lipinski definition) is 5. The van der Waals surface area contributed by atoms with Crippen molar-refractivity contribution < 1.29 is 9.53 Å². The van der Waals surface area contributed by atoms with Gasteiger partial charge in [-0.3, -0.25) is 9.20 Å². The van der Waals surface area contributed by atoms with Gasteiger partial charge in [-0.2, -0.15) is 0 Å². The molecule has 0 atom stereocenters. The molecule has 124 valence electrons. The van der Waals surface area contributed by atoms with Crippen LogP contribution in [0, 0.1) is 13.8 Å². The molecule has 0 saturated carbocycles. The highest BCUT2D eigenvalue weighted by Gasteiger charge is 2.14. The number of esters is 1. The van der Waals surface area contributed by atoms with E-state index in [-0.39, 0.29) is 18.1 Å². The van der Waals surface area contributed by atoms with Crippen molar-refractivity contribution in [2.45, 2.75) is 33.8 Å². The van der Waals surface area contributed by atoms with Crippen LogP contribution in [-0.2, 0) is 17.8 Å². The Kier molecular flexibility index (Phi) is 4.49. The average molecular weight is 342 g/mol. The van der Waals surface area contributed by atoms with E-state index in [0.717, 1.165) is 22.4 Å². The predicted molar refractivity (Wildman–Crippen MR) is 93.8 cm³/mol. The Morgan fingerprint density at radius 3 is 2.83 bits per heavy atom. The Balaban J connectivity index is 1.81. The molecule has 0 spiro atoms. The van der Waals surface area contributed by atoms with Crippen molar-refractivity contribution in [2.75, 3.05) is 0 Å². The molecule has 0 aliphatic heterocycles. The molecule has 5 nitrogen and oxygen atoms in total. The van der Waals surface area contributed by atoms with Gasteiger partial charge >= 0.3 is 5.97 Å². The van der Waals surface area contributed by atoms with Crippen molar-refractivity contribution >= 4 is 23.0 Å². The topological polar surface area (TPSA) is 60.7 Å². The van der Waals surface area contributed by atoms with E-state index in [1.807, 2.05) is 26.0 Å². The molecule has 0 radical (unpaired) electrons. The van der Waals surface area contributed by atoms with Gasteiger partial charge in [-0.1, -0.05) is 13.0 Å². The number of pyridine rings is 1. The average Bonchev–Trinajstić information content (AvgIpc) is 2.95. The summed E-state index contributed by atoms with van der Waals surface area (Å²) in [7, 11) is 0. The van der Waals surface area contributed by atoms with Crippen molar-refractivity contribution in [1.82, 2.24) is 9.38 Å². The number of nitrogens with zero attached hydrogens (tertiary/aromatic N) is 2. The van der Waals surface area contributed by atoms with Gasteiger partial charge in [0.2, 0.25) is 0 Å². The van der Waals surface area contributed by atoms with E-state index in [0.29, 0.717) is 16.2 Å². The Morgan fingerprint density at radius 2 is 2.12 bits per heavy atom. The monoisotopic (exact) mass is 342 g/mol. The van der Waals surface area contributed by atoms with Crippen molar-refractivity contribution in [3.63, 3.8) is 0 Å². The Bertz CT molecular complexity index is 972. The normalized spacial score (nSPS) is 11.0. The van der Waals surface area contributed by atoms with Gasteiger partial charge < -0.3 is 4.74 Å². The second-order valence-corrected chi connectivity index (χ2v) is 6.85. The van der Waals surface area contributed by atoms with Crippen LogP contribution in [-0.4, -0.2) is 15.4 Å². The fourth-order valence-electron chi connectivity index (χ4n) is 2.56. The van der Waals surface area contributed by atoms with Crippen LogP contribution in [0.5, 0.6) is 0 Å². The van der Waals surface area contributed by atoms with Gasteiger partial charge in [0, 0.05) is 17.1 Å². The summed E-state index contributed by atoms with van der Waals surface area (Å²) in [6.07, 6.45) is 2.56. The fraction of sp³-hybridized carbons (Fsp3) is 0.278. The van der Waals surface area contributed by atoms with Crippen LogP contribution >= 0.6 is 11.3 Å². The maximum Gasteiger partial charge on any atom is 0.348 e. The molecule has 24 heavy (non-hydrogen) atoms. The van der Waals surface area contributed by atoms with Crippen LogP contribution in [0.2, 0.25) is 0 Å². The third-order valence-corrected chi connectivity index (χ3v) is 4.97. The Labute approximate surface area is 143 Å². The van der Waals surface area contributed by atoms with Gasteiger partial charge in [0.25, 0.3) is 5.56 Å². The first-order chi connectivity index (χ1) is 11.5. The molecular weight excluding hydrogens is 324 g/mol. The van der Waals surface area contributed by atoms with Crippen LogP contribution < -0.4 is 5.56 Å². The smallest absolute Gasteiger partial charge is 0.348 e. The summed E-state index contributed by atoms with van der Waals surface area (Å²) in [6.45, 7) is 5.92. The number of carbonyl (C=O) groups excluding carboxylic acids is 1. The largest absolute Gasteiger partial charge is 0.455 e. The van der Waals surface area contributed by atoms with Gasteiger partial charge in [0.05, 0.1) is 5.69 Å². The molecule has 0 fully saturated rings. The van der Waals surface area contributed by atoms with Gasteiger partial charge in [-0.25, -0.2) is 9.78 Å². The third-order valence-electron chi connectivity index (χ3n) is 3.89. The van der Waals surface area contributed by atoms with Gasteiger partial charge in [0.1, 0.15) is 17.1 Å². The van der Waals surface area contributed by atoms with Crippen LogP contribution in [0.15, 0.2) is 35.3 Å². The SMILES string of the molecule is CCc1cc(C(=O)OCc2cc(=O)n3cccc(C)c3n2)sc1C. The first kappa shape index (κ1) is 16.4. The minimum absolute atomic E-state index is 0.0166. The molecule has 6 heteroatoms. The van der Waals surface area contributed by atoms with Crippen LogP contribution in [0.25, 0.3) is 5.65 Å². The van der Waals surface area contributed by atoms with E-state index >= 15 is 0 Å². The maximum absolute atomic E-state index is 12.2. The maximum atomic E-state index is 12.2. The second kappa shape index (κ2) is 6.57. The number of hydrogen-bond donors (Lipinski definition) is 0. The minimum atomic E-state index is -0.380. The molecule has 0 N–H and O–H groups in total. The highest BCUT2D eigenvalue weighted by molar-refractivity contribution is 7.14. The van der Waals surface area contributed by atoms with Gasteiger partial charge in [-0.15, -0.1) is 11.3 Å².